The van der Waals surface area contributed by atoms with Crippen molar-refractivity contribution in [3.63, 3.8) is 0 Å². The fourth-order valence-corrected chi connectivity index (χ4v) is 13.2. The van der Waals surface area contributed by atoms with E-state index in [1.54, 1.807) is 55.5 Å². The van der Waals surface area contributed by atoms with Gasteiger partial charge < -0.3 is 53.7 Å². The number of fused-ring (bicyclic) bond motifs is 2. The van der Waals surface area contributed by atoms with Gasteiger partial charge in [0.25, 0.3) is 5.56 Å². The van der Waals surface area contributed by atoms with Crippen LogP contribution < -0.4 is 36.7 Å². The molecule has 3 aliphatic rings. The average molecular weight is 1440 g/mol. The molecule has 1 aromatic heterocycles. The number of imide groups is 1. The standard InChI is InChI=1S/C77H86F2N6O17S/c1-49-71(74(90)84(47-66(80)51-13-7-6-8-14-51)77(95)83(49)46-63-64(78)17-10-18-65(63)79)52-15-9-12-50(40-52)19-23-57(86)16-11-28-96-30-32-98-34-36-100-38-39-101-37-35-99-33-31-97-29-27-58(87)41-53(75(91)92)48-103-69-45-70(88)85(73(69)89)56-22-24-59(62(42-56)76(93)94)72-60-25-20-54(81(2)3)43-67(60)102-68-44-55(82(4)5)21-26-61(68)72/h6-10,12-15,17-18,20-22,24-26,40,42-44,53,66,69H,11,16,19,23,27-39,41,45-48,80H2,1-5H3,(H-,91,92,93,94)/p+1/t53?,66-,69?/m0/s1. The van der Waals surface area contributed by atoms with Crippen LogP contribution in [0.5, 0.6) is 0 Å². The van der Waals surface area contributed by atoms with Crippen LogP contribution in [0.1, 0.15) is 77.3 Å². The van der Waals surface area contributed by atoms with Crippen LogP contribution in [0.4, 0.5) is 20.2 Å². The Labute approximate surface area is 598 Å². The molecule has 5 aromatic carbocycles. The number of carbonyl (C=O) groups excluding carboxylic acids is 4. The molecule has 23 nitrogen and oxygen atoms in total. The lowest BCUT2D eigenvalue weighted by Crippen LogP contribution is -2.44. The number of anilines is 2. The van der Waals surface area contributed by atoms with Gasteiger partial charge in [0.2, 0.25) is 17.2 Å². The zero-order valence-electron chi connectivity index (χ0n) is 58.4. The molecule has 1 aliphatic carbocycles. The van der Waals surface area contributed by atoms with E-state index in [2.05, 4.69) is 0 Å². The van der Waals surface area contributed by atoms with Gasteiger partial charge in [0.15, 0.2) is 0 Å². The maximum Gasteiger partial charge on any atom is 0.336 e. The number of hydrogen-bond acceptors (Lipinski definition) is 18. The number of amides is 2. The number of nitrogens with two attached hydrogens (primary N) is 1. The minimum absolute atomic E-state index is 0.0335. The molecule has 3 atom stereocenters. The van der Waals surface area contributed by atoms with Crippen LogP contribution in [0.3, 0.4) is 0 Å². The van der Waals surface area contributed by atoms with Gasteiger partial charge in [0.1, 0.15) is 48.6 Å². The minimum Gasteiger partial charge on any atom is -0.481 e. The first-order valence-corrected chi connectivity index (χ1v) is 35.1. The number of carbonyl (C=O) groups is 6. The second-order valence-corrected chi connectivity index (χ2v) is 26.5. The Morgan fingerprint density at radius 2 is 1.31 bits per heavy atom. The van der Waals surface area contributed by atoms with Gasteiger partial charge >= 0.3 is 17.6 Å². The summed E-state index contributed by atoms with van der Waals surface area (Å²) < 4.78 is 73.8. The number of benzene rings is 6. The molecule has 103 heavy (non-hydrogen) atoms. The predicted molar refractivity (Wildman–Crippen MR) is 387 cm³/mol. The summed E-state index contributed by atoms with van der Waals surface area (Å²) in [6, 6.07) is 34.5. The average Bonchev–Trinajstić information content (AvgIpc) is 1.22. The lowest BCUT2D eigenvalue weighted by molar-refractivity contribution is -0.143. The Morgan fingerprint density at radius 3 is 1.94 bits per heavy atom. The van der Waals surface area contributed by atoms with Crippen molar-refractivity contribution in [3.8, 4) is 33.6 Å². The molecule has 4 N–H and O–H groups in total. The van der Waals surface area contributed by atoms with Crippen LogP contribution in [0.15, 0.2) is 141 Å². The number of Topliss-reactive ketones (excluding diaryl/α,β-unsaturated/α-hetero) is 2. The summed E-state index contributed by atoms with van der Waals surface area (Å²) in [7, 11) is 7.60. The highest BCUT2D eigenvalue weighted by atomic mass is 32.2. The van der Waals surface area contributed by atoms with Gasteiger partial charge in [-0.1, -0.05) is 66.7 Å². The van der Waals surface area contributed by atoms with E-state index >= 15 is 0 Å². The number of ketones is 2. The molecule has 6 aromatic rings. The fourth-order valence-electron chi connectivity index (χ4n) is 12.0. The lowest BCUT2D eigenvalue weighted by atomic mass is 9.90. The van der Waals surface area contributed by atoms with Gasteiger partial charge in [0, 0.05) is 110 Å². The maximum atomic E-state index is 14.9. The number of aromatic carboxylic acids is 1. The summed E-state index contributed by atoms with van der Waals surface area (Å²) in [5, 5.41) is 21.2. The van der Waals surface area contributed by atoms with Crippen molar-refractivity contribution in [1.29, 1.82) is 0 Å². The number of carboxylic acids is 2. The van der Waals surface area contributed by atoms with E-state index in [0.717, 1.165) is 50.0 Å². The SMILES string of the molecule is Cc1c(-c2cccc(CCC(=O)CCCOCCOCCOCCOCCOCCOCCC(=O)CC(CSC3CC(=O)N(c4ccc(-c5c6ccc(=[N+](C)C)cc-6oc6cc(N(C)C)ccc56)c(C(=O)O)c4)C3=O)C(=O)O)c2)c(=O)n(C[C@H](N)c2ccccc2)c(=O)n1Cc1c(F)cccc1F. The summed E-state index contributed by atoms with van der Waals surface area (Å²) in [6.45, 7) is 4.40. The van der Waals surface area contributed by atoms with Crippen LogP contribution in [0, 0.1) is 24.5 Å². The van der Waals surface area contributed by atoms with Gasteiger partial charge in [-0.25, -0.2) is 27.8 Å². The summed E-state index contributed by atoms with van der Waals surface area (Å²) in [4.78, 5) is 110. The molecule has 3 heterocycles. The van der Waals surface area contributed by atoms with E-state index in [1.807, 2.05) is 86.2 Å². The van der Waals surface area contributed by atoms with Crippen LogP contribution >= 0.6 is 11.8 Å². The van der Waals surface area contributed by atoms with Gasteiger partial charge in [-0.2, -0.15) is 0 Å². The van der Waals surface area contributed by atoms with Crippen molar-refractivity contribution >= 4 is 69.4 Å². The van der Waals surface area contributed by atoms with E-state index in [4.69, 9.17) is 38.6 Å². The molecule has 26 heteroatoms. The number of halogens is 2. The van der Waals surface area contributed by atoms with Crippen molar-refractivity contribution in [3.05, 3.63) is 193 Å². The Kier molecular flexibility index (Phi) is 28.5. The summed E-state index contributed by atoms with van der Waals surface area (Å²) in [5.41, 5.74) is 10.1. The smallest absolute Gasteiger partial charge is 0.336 e. The topological polar surface area (TPSA) is 291 Å². The number of aromatic nitrogens is 2. The molecule has 9 rings (SSSR count). The third-order valence-corrected chi connectivity index (χ3v) is 19.0. The van der Waals surface area contributed by atoms with Crippen molar-refractivity contribution in [1.82, 2.24) is 13.7 Å². The van der Waals surface area contributed by atoms with Crippen LogP contribution in [-0.4, -0.2) is 173 Å². The van der Waals surface area contributed by atoms with Crippen molar-refractivity contribution < 1.29 is 80.6 Å². The van der Waals surface area contributed by atoms with E-state index in [0.29, 0.717) is 123 Å². The fraction of sp³-hybridized carbons (Fsp3) is 0.390. The predicted octanol–water partition coefficient (Wildman–Crippen LogP) is 8.82. The van der Waals surface area contributed by atoms with E-state index in [-0.39, 0.29) is 97.4 Å². The van der Waals surface area contributed by atoms with Crippen LogP contribution in [0.25, 0.3) is 44.5 Å². The first kappa shape index (κ1) is 77.8. The molecule has 0 saturated carbocycles. The molecule has 0 bridgehead atoms. The molecule has 0 spiro atoms. The quantitative estimate of drug-likeness (QED) is 0.0139. The number of aliphatic carboxylic acids is 1. The third kappa shape index (κ3) is 20.7. The number of carboxylic acid groups (broad SMARTS) is 2. The van der Waals surface area contributed by atoms with E-state index < -0.39 is 70.4 Å². The summed E-state index contributed by atoms with van der Waals surface area (Å²) >= 11 is 0.970. The molecule has 1 saturated heterocycles. The van der Waals surface area contributed by atoms with E-state index in [9.17, 15) is 57.4 Å². The highest BCUT2D eigenvalue weighted by Crippen LogP contribution is 2.44. The Bertz CT molecular complexity index is 4480. The number of rotatable bonds is 41. The lowest BCUT2D eigenvalue weighted by Gasteiger charge is -2.20. The number of thioether (sulfide) groups is 1. The van der Waals surface area contributed by atoms with Crippen molar-refractivity contribution in [2.45, 2.75) is 76.3 Å². The first-order chi connectivity index (χ1) is 49.6. The number of ether oxygens (including phenoxy) is 6. The monoisotopic (exact) mass is 1440 g/mol. The maximum absolute atomic E-state index is 14.9. The van der Waals surface area contributed by atoms with Crippen molar-refractivity contribution in [2.24, 2.45) is 11.7 Å². The largest absolute Gasteiger partial charge is 0.481 e. The first-order valence-electron chi connectivity index (χ1n) is 34.0. The van der Waals surface area contributed by atoms with Gasteiger partial charge in [-0.15, -0.1) is 11.8 Å². The van der Waals surface area contributed by atoms with Gasteiger partial charge in [-0.3, -0.25) is 37.9 Å². The zero-order valence-corrected chi connectivity index (χ0v) is 59.2. The van der Waals surface area contributed by atoms with Crippen LogP contribution in [-0.2, 0) is 71.9 Å². The van der Waals surface area contributed by atoms with Gasteiger partial charge in [0.05, 0.1) is 120 Å². The molecule has 2 amide bonds. The van der Waals surface area contributed by atoms with Crippen molar-refractivity contribution in [2.75, 3.05) is 123 Å². The number of nitrogens with zero attached hydrogens (tertiary/aromatic N) is 5. The molecule has 2 unspecified atom stereocenters. The highest BCUT2D eigenvalue weighted by Gasteiger charge is 2.41. The number of hydrogen-bond donors (Lipinski definition) is 3. The second-order valence-electron chi connectivity index (χ2n) is 25.3. The molecule has 1 fully saturated rings. The molecule has 0 radical (unpaired) electrons. The number of aryl methyl sites for hydroxylation is 1. The minimum atomic E-state index is -1.28. The second kappa shape index (κ2) is 37.7. The Balaban J connectivity index is 0.598. The molecule has 2 aliphatic heterocycles. The zero-order chi connectivity index (χ0) is 73.7. The molecular formula is C77H87F2N6O17S+. The normalized spacial score (nSPS) is 13.7. The third-order valence-electron chi connectivity index (χ3n) is 17.6. The van der Waals surface area contributed by atoms with Gasteiger partial charge in [-0.05, 0) is 84.5 Å². The Morgan fingerprint density at radius 1 is 0.680 bits per heavy atom. The Hall–Kier alpha value is -9.38. The van der Waals surface area contributed by atoms with Crippen LogP contribution in [0.2, 0.25) is 0 Å². The summed E-state index contributed by atoms with van der Waals surface area (Å²) in [6.07, 6.45) is 0.865. The summed E-state index contributed by atoms with van der Waals surface area (Å²) in [5.74, 6) is -6.41. The highest BCUT2D eigenvalue weighted by molar-refractivity contribution is 8.00. The molecular weight excluding hydrogens is 1350 g/mol. The molecule has 546 valence electrons. The van der Waals surface area contributed by atoms with E-state index in [1.165, 1.54) is 22.8 Å².